The van der Waals surface area contributed by atoms with Crippen molar-refractivity contribution in [3.05, 3.63) is 39.4 Å². The third-order valence-electron chi connectivity index (χ3n) is 3.23. The molecule has 0 heterocycles. The Morgan fingerprint density at radius 3 is 2.65 bits per heavy atom. The molecule has 0 bridgehead atoms. The number of rotatable bonds is 5. The van der Waals surface area contributed by atoms with Crippen LogP contribution in [0.2, 0.25) is 0 Å². The molecule has 2 atom stereocenters. The number of nitro groups is 1. The van der Waals surface area contributed by atoms with E-state index in [1.54, 1.807) is 13.0 Å². The monoisotopic (exact) mass is 237 g/mol. The van der Waals surface area contributed by atoms with E-state index in [-0.39, 0.29) is 22.6 Å². The fraction of sp³-hybridized carbons (Fsp3) is 0.538. The Bertz CT molecular complexity index is 404. The molecule has 17 heavy (non-hydrogen) atoms. The van der Waals surface area contributed by atoms with Crippen LogP contribution in [-0.2, 0) is 6.42 Å². The molecule has 0 fully saturated rings. The quantitative estimate of drug-likeness (QED) is 0.632. The summed E-state index contributed by atoms with van der Waals surface area (Å²) in [7, 11) is 0. The molecule has 0 spiro atoms. The summed E-state index contributed by atoms with van der Waals surface area (Å²) in [5.41, 5.74) is 1.80. The van der Waals surface area contributed by atoms with E-state index in [1.165, 1.54) is 6.07 Å². The molecule has 94 valence electrons. The normalized spacial score (nSPS) is 14.4. The highest BCUT2D eigenvalue weighted by Gasteiger charge is 2.17. The first-order valence-corrected chi connectivity index (χ1v) is 5.88. The van der Waals surface area contributed by atoms with E-state index in [0.717, 1.165) is 5.56 Å². The number of hydrogen-bond donors (Lipinski definition) is 1. The number of hydrogen-bond acceptors (Lipinski definition) is 3. The van der Waals surface area contributed by atoms with Crippen LogP contribution in [0.5, 0.6) is 0 Å². The first-order chi connectivity index (χ1) is 7.97. The standard InChI is InChI=1S/C13H19NO3/c1-4-13(15)9(2)8-11-6-5-7-12(10(11)3)14(16)17/h5-7,9,13,15H,4,8H2,1-3H3. The summed E-state index contributed by atoms with van der Waals surface area (Å²) in [6.07, 6.45) is 1.02. The van der Waals surface area contributed by atoms with Gasteiger partial charge >= 0.3 is 0 Å². The van der Waals surface area contributed by atoms with E-state index in [0.29, 0.717) is 18.4 Å². The summed E-state index contributed by atoms with van der Waals surface area (Å²) >= 11 is 0. The lowest BCUT2D eigenvalue weighted by Crippen LogP contribution is -2.19. The molecule has 1 aromatic rings. The van der Waals surface area contributed by atoms with E-state index in [2.05, 4.69) is 0 Å². The van der Waals surface area contributed by atoms with Crippen molar-refractivity contribution in [1.29, 1.82) is 0 Å². The maximum Gasteiger partial charge on any atom is 0.272 e. The van der Waals surface area contributed by atoms with Crippen molar-refractivity contribution >= 4 is 5.69 Å². The average Bonchev–Trinajstić information content (AvgIpc) is 2.30. The Morgan fingerprint density at radius 1 is 1.47 bits per heavy atom. The smallest absolute Gasteiger partial charge is 0.272 e. The van der Waals surface area contributed by atoms with Crippen molar-refractivity contribution in [3.63, 3.8) is 0 Å². The highest BCUT2D eigenvalue weighted by atomic mass is 16.6. The van der Waals surface area contributed by atoms with Crippen LogP contribution in [0.15, 0.2) is 18.2 Å². The van der Waals surface area contributed by atoms with E-state index in [1.807, 2.05) is 19.9 Å². The van der Waals surface area contributed by atoms with Crippen molar-refractivity contribution in [1.82, 2.24) is 0 Å². The van der Waals surface area contributed by atoms with Gasteiger partial charge < -0.3 is 5.11 Å². The van der Waals surface area contributed by atoms with Crippen molar-refractivity contribution in [2.45, 2.75) is 39.7 Å². The summed E-state index contributed by atoms with van der Waals surface area (Å²) in [4.78, 5) is 10.4. The predicted molar refractivity (Wildman–Crippen MR) is 67.0 cm³/mol. The lowest BCUT2D eigenvalue weighted by molar-refractivity contribution is -0.385. The maximum absolute atomic E-state index is 10.8. The van der Waals surface area contributed by atoms with E-state index < -0.39 is 0 Å². The average molecular weight is 237 g/mol. The van der Waals surface area contributed by atoms with Crippen LogP contribution in [-0.4, -0.2) is 16.1 Å². The van der Waals surface area contributed by atoms with Crippen molar-refractivity contribution < 1.29 is 10.0 Å². The van der Waals surface area contributed by atoms with Crippen LogP contribution >= 0.6 is 0 Å². The van der Waals surface area contributed by atoms with Gasteiger partial charge in [0.15, 0.2) is 0 Å². The number of nitro benzene ring substituents is 1. The molecular weight excluding hydrogens is 218 g/mol. The highest BCUT2D eigenvalue weighted by molar-refractivity contribution is 5.44. The minimum Gasteiger partial charge on any atom is -0.393 e. The van der Waals surface area contributed by atoms with E-state index >= 15 is 0 Å². The molecule has 0 aliphatic heterocycles. The fourth-order valence-corrected chi connectivity index (χ4v) is 1.97. The van der Waals surface area contributed by atoms with Gasteiger partial charge in [0.25, 0.3) is 5.69 Å². The number of aliphatic hydroxyl groups is 1. The van der Waals surface area contributed by atoms with Gasteiger partial charge in [0.1, 0.15) is 0 Å². The van der Waals surface area contributed by atoms with Gasteiger partial charge in [0.2, 0.25) is 0 Å². The Labute approximate surface area is 101 Å². The fourth-order valence-electron chi connectivity index (χ4n) is 1.97. The molecule has 0 amide bonds. The number of benzene rings is 1. The Hall–Kier alpha value is -1.42. The third-order valence-corrected chi connectivity index (χ3v) is 3.23. The van der Waals surface area contributed by atoms with Crippen molar-refractivity contribution in [3.8, 4) is 0 Å². The van der Waals surface area contributed by atoms with Gasteiger partial charge in [-0.05, 0) is 31.2 Å². The second kappa shape index (κ2) is 5.77. The molecular formula is C13H19NO3. The number of nitrogens with zero attached hydrogens (tertiary/aromatic N) is 1. The van der Waals surface area contributed by atoms with Crippen LogP contribution in [0.3, 0.4) is 0 Å². The minimum absolute atomic E-state index is 0.112. The molecule has 0 radical (unpaired) electrons. The summed E-state index contributed by atoms with van der Waals surface area (Å²) in [6, 6.07) is 5.10. The van der Waals surface area contributed by atoms with Gasteiger partial charge in [-0.1, -0.05) is 26.0 Å². The summed E-state index contributed by atoms with van der Waals surface area (Å²) in [5.74, 6) is 0.112. The van der Waals surface area contributed by atoms with Crippen LogP contribution in [0, 0.1) is 23.0 Å². The zero-order valence-corrected chi connectivity index (χ0v) is 10.5. The summed E-state index contributed by atoms with van der Waals surface area (Å²) in [6.45, 7) is 5.66. The highest BCUT2D eigenvalue weighted by Crippen LogP contribution is 2.24. The second-order valence-electron chi connectivity index (χ2n) is 4.48. The topological polar surface area (TPSA) is 63.4 Å². The van der Waals surface area contributed by atoms with Gasteiger partial charge in [0, 0.05) is 11.6 Å². The Balaban J connectivity index is 2.92. The predicted octanol–water partition coefficient (Wildman–Crippen LogP) is 2.85. The van der Waals surface area contributed by atoms with Crippen LogP contribution in [0.1, 0.15) is 31.4 Å². The van der Waals surface area contributed by atoms with Gasteiger partial charge in [0.05, 0.1) is 11.0 Å². The Morgan fingerprint density at radius 2 is 2.12 bits per heavy atom. The van der Waals surface area contributed by atoms with Crippen molar-refractivity contribution in [2.75, 3.05) is 0 Å². The molecule has 1 aromatic carbocycles. The minimum atomic E-state index is -0.361. The van der Waals surface area contributed by atoms with Crippen molar-refractivity contribution in [2.24, 2.45) is 5.92 Å². The molecule has 0 saturated carbocycles. The molecule has 2 unspecified atom stereocenters. The lowest BCUT2D eigenvalue weighted by atomic mass is 9.92. The van der Waals surface area contributed by atoms with Gasteiger partial charge in [-0.3, -0.25) is 10.1 Å². The molecule has 0 saturated heterocycles. The van der Waals surface area contributed by atoms with Crippen LogP contribution < -0.4 is 0 Å². The summed E-state index contributed by atoms with van der Waals surface area (Å²) in [5, 5.41) is 20.5. The van der Waals surface area contributed by atoms with Crippen LogP contribution in [0.25, 0.3) is 0 Å². The van der Waals surface area contributed by atoms with E-state index in [9.17, 15) is 15.2 Å². The molecule has 0 aromatic heterocycles. The summed E-state index contributed by atoms with van der Waals surface area (Å²) < 4.78 is 0. The SMILES string of the molecule is CCC(O)C(C)Cc1cccc([N+](=O)[O-])c1C. The molecule has 0 aliphatic rings. The zero-order chi connectivity index (χ0) is 13.0. The first kappa shape index (κ1) is 13.6. The van der Waals surface area contributed by atoms with Crippen LogP contribution in [0.4, 0.5) is 5.69 Å². The first-order valence-electron chi connectivity index (χ1n) is 5.88. The molecule has 4 nitrogen and oxygen atoms in total. The maximum atomic E-state index is 10.8. The zero-order valence-electron chi connectivity index (χ0n) is 10.5. The number of aliphatic hydroxyl groups excluding tert-OH is 1. The third kappa shape index (κ3) is 3.27. The molecule has 1 N–H and O–H groups in total. The van der Waals surface area contributed by atoms with E-state index in [4.69, 9.17) is 0 Å². The Kier molecular flexibility index (Phi) is 4.63. The molecule has 0 aliphatic carbocycles. The lowest BCUT2D eigenvalue weighted by Gasteiger charge is -2.18. The second-order valence-corrected chi connectivity index (χ2v) is 4.48. The largest absolute Gasteiger partial charge is 0.393 e. The molecule has 4 heteroatoms. The van der Waals surface area contributed by atoms with Gasteiger partial charge in [-0.2, -0.15) is 0 Å². The van der Waals surface area contributed by atoms with Gasteiger partial charge in [-0.15, -0.1) is 0 Å². The molecule has 1 rings (SSSR count). The van der Waals surface area contributed by atoms with Gasteiger partial charge in [-0.25, -0.2) is 0 Å².